The maximum atomic E-state index is 12.2. The lowest BCUT2D eigenvalue weighted by atomic mass is 9.84. The smallest absolute Gasteiger partial charge is 0.343 e. The molecule has 0 bridgehead atoms. The van der Waals surface area contributed by atoms with E-state index in [0.29, 0.717) is 11.4 Å². The van der Waals surface area contributed by atoms with Crippen molar-refractivity contribution in [3.8, 4) is 17.2 Å². The molecule has 2 aromatic carbocycles. The Labute approximate surface area is 150 Å². The van der Waals surface area contributed by atoms with Crippen molar-refractivity contribution in [3.63, 3.8) is 0 Å². The zero-order valence-corrected chi connectivity index (χ0v) is 14.4. The second-order valence-electron chi connectivity index (χ2n) is 5.82. The summed E-state index contributed by atoms with van der Waals surface area (Å²) in [5, 5.41) is 12.9. The molecule has 0 aromatic heterocycles. The summed E-state index contributed by atoms with van der Waals surface area (Å²) in [5.41, 5.74) is 2.07. The minimum Gasteiger partial charge on any atom is -0.504 e. The number of rotatable bonds is 5. The van der Waals surface area contributed by atoms with Gasteiger partial charge in [-0.2, -0.15) is 0 Å². The molecule has 0 radical (unpaired) electrons. The van der Waals surface area contributed by atoms with E-state index < -0.39 is 5.97 Å². The maximum absolute atomic E-state index is 12.2. The lowest BCUT2D eigenvalue weighted by molar-refractivity contribution is -0.142. The van der Waals surface area contributed by atoms with E-state index in [9.17, 15) is 14.7 Å². The summed E-state index contributed by atoms with van der Waals surface area (Å²) in [6.45, 7) is -0.229. The third-order valence-corrected chi connectivity index (χ3v) is 4.26. The first-order valence-corrected chi connectivity index (χ1v) is 8.02. The molecule has 2 aromatic rings. The summed E-state index contributed by atoms with van der Waals surface area (Å²) in [5.74, 6) is -0.231. The fourth-order valence-corrected chi connectivity index (χ4v) is 3.01. The molecular formula is C19H19NO6. The Morgan fingerprint density at radius 2 is 1.96 bits per heavy atom. The topological polar surface area (TPSA) is 94.1 Å². The molecule has 0 aliphatic carbocycles. The van der Waals surface area contributed by atoms with E-state index in [4.69, 9.17) is 9.47 Å². The molecule has 136 valence electrons. The first-order valence-electron chi connectivity index (χ1n) is 8.02. The Morgan fingerprint density at radius 1 is 1.19 bits per heavy atom. The van der Waals surface area contributed by atoms with Crippen LogP contribution >= 0.6 is 0 Å². The predicted octanol–water partition coefficient (Wildman–Crippen LogP) is 2.43. The molecule has 1 aliphatic rings. The number of ether oxygens (including phenoxy) is 3. The second-order valence-corrected chi connectivity index (χ2v) is 5.82. The number of aromatic hydroxyl groups is 1. The molecule has 7 heteroatoms. The lowest BCUT2D eigenvalue weighted by Gasteiger charge is -2.28. The van der Waals surface area contributed by atoms with Crippen LogP contribution in [0, 0.1) is 0 Å². The molecule has 0 fully saturated rings. The van der Waals surface area contributed by atoms with Crippen molar-refractivity contribution >= 4 is 17.6 Å². The van der Waals surface area contributed by atoms with Crippen LogP contribution in [0.15, 0.2) is 36.4 Å². The van der Waals surface area contributed by atoms with Crippen LogP contribution in [-0.2, 0) is 14.3 Å². The van der Waals surface area contributed by atoms with Crippen LogP contribution in [0.2, 0.25) is 0 Å². The number of anilines is 1. The third kappa shape index (κ3) is 3.42. The van der Waals surface area contributed by atoms with E-state index in [-0.39, 0.29) is 36.4 Å². The number of phenolic OH excluding ortho intramolecular Hbond substituents is 1. The fourth-order valence-electron chi connectivity index (χ4n) is 3.01. The van der Waals surface area contributed by atoms with Crippen molar-refractivity contribution in [2.75, 3.05) is 26.1 Å². The highest BCUT2D eigenvalue weighted by Crippen LogP contribution is 2.44. The highest BCUT2D eigenvalue weighted by molar-refractivity contribution is 5.96. The Hall–Kier alpha value is -3.22. The van der Waals surface area contributed by atoms with Crippen LogP contribution in [-0.4, -0.2) is 37.8 Å². The average Bonchev–Trinajstić information content (AvgIpc) is 2.65. The minimum absolute atomic E-state index is 0.0136. The number of hydrogen-bond donors (Lipinski definition) is 2. The van der Waals surface area contributed by atoms with Crippen LogP contribution in [0.25, 0.3) is 0 Å². The number of esters is 1. The SMILES string of the molecule is COC(=O)COc1ccccc1C1CC(=O)Nc2cc(OC)c(O)cc21. The molecule has 0 saturated heterocycles. The molecule has 2 N–H and O–H groups in total. The summed E-state index contributed by atoms with van der Waals surface area (Å²) in [6, 6.07) is 10.3. The van der Waals surface area contributed by atoms with Gasteiger partial charge in [0.25, 0.3) is 0 Å². The highest BCUT2D eigenvalue weighted by Gasteiger charge is 2.30. The van der Waals surface area contributed by atoms with Crippen molar-refractivity contribution in [1.82, 2.24) is 0 Å². The van der Waals surface area contributed by atoms with Crippen molar-refractivity contribution in [1.29, 1.82) is 0 Å². The first-order chi connectivity index (χ1) is 12.5. The normalized spacial score (nSPS) is 15.6. The van der Waals surface area contributed by atoms with Crippen molar-refractivity contribution < 1.29 is 28.9 Å². The van der Waals surface area contributed by atoms with Crippen LogP contribution in [0.1, 0.15) is 23.5 Å². The van der Waals surface area contributed by atoms with Gasteiger partial charge in [-0.1, -0.05) is 18.2 Å². The monoisotopic (exact) mass is 357 g/mol. The van der Waals surface area contributed by atoms with Gasteiger partial charge in [0.1, 0.15) is 5.75 Å². The van der Waals surface area contributed by atoms with Gasteiger partial charge in [0.2, 0.25) is 5.91 Å². The average molecular weight is 357 g/mol. The quantitative estimate of drug-likeness (QED) is 0.630. The van der Waals surface area contributed by atoms with Crippen molar-refractivity contribution in [2.45, 2.75) is 12.3 Å². The summed E-state index contributed by atoms with van der Waals surface area (Å²) in [4.78, 5) is 23.6. The molecule has 1 aliphatic heterocycles. The number of hydrogen-bond acceptors (Lipinski definition) is 6. The van der Waals surface area contributed by atoms with Gasteiger partial charge in [0.15, 0.2) is 18.1 Å². The zero-order valence-electron chi connectivity index (χ0n) is 14.4. The Bertz CT molecular complexity index is 848. The number of fused-ring (bicyclic) bond motifs is 1. The number of carbonyl (C=O) groups is 2. The number of amides is 1. The van der Waals surface area contributed by atoms with E-state index in [1.165, 1.54) is 14.2 Å². The van der Waals surface area contributed by atoms with E-state index in [1.807, 2.05) is 12.1 Å². The second kappa shape index (κ2) is 7.35. The van der Waals surface area contributed by atoms with Gasteiger partial charge < -0.3 is 24.6 Å². The molecule has 1 amide bonds. The van der Waals surface area contributed by atoms with Gasteiger partial charge >= 0.3 is 5.97 Å². The van der Waals surface area contributed by atoms with Gasteiger partial charge in [-0.3, -0.25) is 4.79 Å². The predicted molar refractivity (Wildman–Crippen MR) is 93.7 cm³/mol. The summed E-state index contributed by atoms with van der Waals surface area (Å²) < 4.78 is 15.3. The van der Waals surface area contributed by atoms with Gasteiger partial charge in [-0.05, 0) is 17.7 Å². The number of carbonyl (C=O) groups excluding carboxylic acids is 2. The Balaban J connectivity index is 2.02. The molecule has 7 nitrogen and oxygen atoms in total. The largest absolute Gasteiger partial charge is 0.504 e. The van der Waals surface area contributed by atoms with Crippen LogP contribution < -0.4 is 14.8 Å². The van der Waals surface area contributed by atoms with Gasteiger partial charge in [0, 0.05) is 29.7 Å². The number of para-hydroxylation sites is 1. The number of phenols is 1. The van der Waals surface area contributed by atoms with Gasteiger partial charge in [-0.15, -0.1) is 0 Å². The Kier molecular flexibility index (Phi) is 4.97. The molecule has 0 spiro atoms. The van der Waals surface area contributed by atoms with E-state index in [2.05, 4.69) is 10.1 Å². The maximum Gasteiger partial charge on any atom is 0.343 e. The molecule has 1 unspecified atom stereocenters. The van der Waals surface area contributed by atoms with E-state index in [0.717, 1.165) is 11.1 Å². The summed E-state index contributed by atoms with van der Waals surface area (Å²) in [6.07, 6.45) is 0.192. The van der Waals surface area contributed by atoms with Gasteiger partial charge in [0.05, 0.1) is 14.2 Å². The Morgan fingerprint density at radius 3 is 2.69 bits per heavy atom. The van der Waals surface area contributed by atoms with Crippen LogP contribution in [0.4, 0.5) is 5.69 Å². The van der Waals surface area contributed by atoms with Crippen LogP contribution in [0.3, 0.4) is 0 Å². The molecule has 1 heterocycles. The van der Waals surface area contributed by atoms with Crippen molar-refractivity contribution in [2.24, 2.45) is 0 Å². The van der Waals surface area contributed by atoms with Crippen LogP contribution in [0.5, 0.6) is 17.2 Å². The van der Waals surface area contributed by atoms with Crippen molar-refractivity contribution in [3.05, 3.63) is 47.5 Å². The summed E-state index contributed by atoms with van der Waals surface area (Å²) >= 11 is 0. The molecule has 1 atom stereocenters. The number of nitrogens with one attached hydrogen (secondary N) is 1. The van der Waals surface area contributed by atoms with E-state index in [1.54, 1.807) is 24.3 Å². The first kappa shape index (κ1) is 17.6. The fraction of sp³-hybridized carbons (Fsp3) is 0.263. The number of benzene rings is 2. The molecule has 3 rings (SSSR count). The zero-order chi connectivity index (χ0) is 18.7. The molecule has 0 saturated carbocycles. The number of methoxy groups -OCH3 is 2. The third-order valence-electron chi connectivity index (χ3n) is 4.26. The summed E-state index contributed by atoms with van der Waals surface area (Å²) in [7, 11) is 2.73. The minimum atomic E-state index is -0.496. The van der Waals surface area contributed by atoms with E-state index >= 15 is 0 Å². The molecule has 26 heavy (non-hydrogen) atoms. The highest BCUT2D eigenvalue weighted by atomic mass is 16.6. The standard InChI is InChI=1S/C19H19NO6/c1-24-17-9-14-13(7-15(17)21)12(8-18(22)20-14)11-5-3-4-6-16(11)26-10-19(23)25-2/h3-7,9,12,21H,8,10H2,1-2H3,(H,20,22). The molecular weight excluding hydrogens is 338 g/mol. The lowest BCUT2D eigenvalue weighted by Crippen LogP contribution is -2.24. The van der Waals surface area contributed by atoms with Gasteiger partial charge in [-0.25, -0.2) is 4.79 Å².